The van der Waals surface area contributed by atoms with Crippen LogP contribution in [-0.4, -0.2) is 30.2 Å². The maximum atomic E-state index is 12.3. The van der Waals surface area contributed by atoms with Crippen LogP contribution < -0.4 is 19.5 Å². The molecule has 1 aliphatic heterocycles. The van der Waals surface area contributed by atoms with Crippen LogP contribution in [0.15, 0.2) is 53.9 Å². The Kier molecular flexibility index (Phi) is 4.93. The Bertz CT molecular complexity index is 942. The van der Waals surface area contributed by atoms with Crippen LogP contribution in [0.1, 0.15) is 6.92 Å². The molecule has 7 heteroatoms. The molecule has 3 aromatic rings. The number of fused-ring (bicyclic) bond motifs is 1. The van der Waals surface area contributed by atoms with Gasteiger partial charge in [0.25, 0.3) is 5.91 Å². The summed E-state index contributed by atoms with van der Waals surface area (Å²) in [4.78, 5) is 16.8. The molecular formula is C20H18N2O4S. The van der Waals surface area contributed by atoms with Crippen molar-refractivity contribution >= 4 is 22.4 Å². The third kappa shape index (κ3) is 4.03. The topological polar surface area (TPSA) is 69.7 Å². The minimum absolute atomic E-state index is 0.248. The van der Waals surface area contributed by atoms with Crippen LogP contribution in [0.4, 0.5) is 5.13 Å². The van der Waals surface area contributed by atoms with Gasteiger partial charge in [-0.2, -0.15) is 0 Å². The number of carbonyl (C=O) groups is 1. The predicted molar refractivity (Wildman–Crippen MR) is 104 cm³/mol. The van der Waals surface area contributed by atoms with Gasteiger partial charge in [0.05, 0.1) is 5.69 Å². The fourth-order valence-corrected chi connectivity index (χ4v) is 3.35. The Labute approximate surface area is 160 Å². The third-order valence-corrected chi connectivity index (χ3v) is 4.76. The normalized spacial score (nSPS) is 13.7. The molecule has 6 nitrogen and oxygen atoms in total. The first-order valence-corrected chi connectivity index (χ1v) is 9.45. The molecule has 0 saturated heterocycles. The lowest BCUT2D eigenvalue weighted by molar-refractivity contribution is -0.122. The smallest absolute Gasteiger partial charge is 0.266 e. The van der Waals surface area contributed by atoms with Crippen LogP contribution in [0, 0.1) is 0 Å². The number of hydrogen-bond acceptors (Lipinski definition) is 6. The molecule has 1 atom stereocenters. The molecule has 1 aliphatic rings. The zero-order valence-corrected chi connectivity index (χ0v) is 15.5. The van der Waals surface area contributed by atoms with E-state index >= 15 is 0 Å². The quantitative estimate of drug-likeness (QED) is 0.723. The summed E-state index contributed by atoms with van der Waals surface area (Å²) in [7, 11) is 0. The van der Waals surface area contributed by atoms with Crippen molar-refractivity contribution in [1.29, 1.82) is 0 Å². The van der Waals surface area contributed by atoms with Crippen molar-refractivity contribution in [3.05, 3.63) is 53.9 Å². The molecule has 2 aromatic carbocycles. The van der Waals surface area contributed by atoms with Gasteiger partial charge >= 0.3 is 0 Å². The van der Waals surface area contributed by atoms with Gasteiger partial charge in [-0.25, -0.2) is 4.98 Å². The van der Waals surface area contributed by atoms with Gasteiger partial charge in [0.15, 0.2) is 22.7 Å². The first kappa shape index (κ1) is 17.4. The van der Waals surface area contributed by atoms with Gasteiger partial charge in [0, 0.05) is 10.9 Å². The average molecular weight is 382 g/mol. The summed E-state index contributed by atoms with van der Waals surface area (Å²) in [5.74, 6) is 1.85. The Balaban J connectivity index is 1.42. The molecule has 1 amide bonds. The number of anilines is 1. The number of carbonyl (C=O) groups excluding carboxylic acids is 1. The number of rotatable bonds is 5. The van der Waals surface area contributed by atoms with E-state index in [4.69, 9.17) is 14.2 Å². The number of ether oxygens (including phenoxy) is 3. The fraction of sp³-hybridized carbons (Fsp3) is 0.200. The minimum atomic E-state index is -0.631. The molecular weight excluding hydrogens is 364 g/mol. The number of hydrogen-bond donors (Lipinski definition) is 1. The van der Waals surface area contributed by atoms with Gasteiger partial charge in [-0.3, -0.25) is 10.1 Å². The van der Waals surface area contributed by atoms with E-state index in [1.807, 2.05) is 53.9 Å². The highest BCUT2D eigenvalue weighted by Crippen LogP contribution is 2.35. The molecule has 0 aliphatic carbocycles. The van der Waals surface area contributed by atoms with Gasteiger partial charge in [-0.05, 0) is 37.3 Å². The van der Waals surface area contributed by atoms with Crippen LogP contribution in [0.25, 0.3) is 11.3 Å². The first-order chi connectivity index (χ1) is 13.2. The second-order valence-corrected chi connectivity index (χ2v) is 6.82. The average Bonchev–Trinajstić information content (AvgIpc) is 3.17. The number of amides is 1. The zero-order valence-electron chi connectivity index (χ0n) is 14.7. The summed E-state index contributed by atoms with van der Waals surface area (Å²) < 4.78 is 16.8. The fourth-order valence-electron chi connectivity index (χ4n) is 2.63. The third-order valence-electron chi connectivity index (χ3n) is 4.00. The van der Waals surface area contributed by atoms with Crippen molar-refractivity contribution in [2.75, 3.05) is 18.5 Å². The first-order valence-electron chi connectivity index (χ1n) is 8.57. The highest BCUT2D eigenvalue weighted by atomic mass is 32.1. The minimum Gasteiger partial charge on any atom is -0.486 e. The lowest BCUT2D eigenvalue weighted by Crippen LogP contribution is -2.30. The van der Waals surface area contributed by atoms with Crippen molar-refractivity contribution in [2.24, 2.45) is 0 Å². The molecule has 4 rings (SSSR count). The molecule has 0 saturated carbocycles. The van der Waals surface area contributed by atoms with E-state index in [-0.39, 0.29) is 5.91 Å². The van der Waals surface area contributed by atoms with Crippen molar-refractivity contribution < 1.29 is 19.0 Å². The number of nitrogens with one attached hydrogen (secondary N) is 1. The molecule has 0 fully saturated rings. The summed E-state index contributed by atoms with van der Waals surface area (Å²) in [5.41, 5.74) is 1.67. The van der Waals surface area contributed by atoms with Gasteiger partial charge < -0.3 is 14.2 Å². The molecule has 0 unspecified atom stereocenters. The van der Waals surface area contributed by atoms with Crippen LogP contribution in [0.3, 0.4) is 0 Å². The molecule has 2 heterocycles. The Morgan fingerprint density at radius 1 is 1.15 bits per heavy atom. The summed E-state index contributed by atoms with van der Waals surface area (Å²) in [5, 5.41) is 5.22. The maximum Gasteiger partial charge on any atom is 0.266 e. The van der Waals surface area contributed by atoms with Crippen LogP contribution in [0.2, 0.25) is 0 Å². The highest BCUT2D eigenvalue weighted by Gasteiger charge is 2.18. The molecule has 138 valence electrons. The van der Waals surface area contributed by atoms with Crippen molar-refractivity contribution in [3.8, 4) is 28.5 Å². The van der Waals surface area contributed by atoms with E-state index in [1.54, 1.807) is 6.92 Å². The lowest BCUT2D eigenvalue weighted by Gasteiger charge is -2.18. The van der Waals surface area contributed by atoms with Crippen molar-refractivity contribution in [3.63, 3.8) is 0 Å². The number of benzene rings is 2. The standard InChI is InChI=1S/C20H18N2O4S/c1-13(26-15-5-3-2-4-6-15)19(23)22-20-21-16(12-27-20)14-7-8-17-18(11-14)25-10-9-24-17/h2-8,11-13H,9-10H2,1H3,(H,21,22,23)/t13-/m0/s1. The summed E-state index contributed by atoms with van der Waals surface area (Å²) in [6, 6.07) is 14.9. The second-order valence-electron chi connectivity index (χ2n) is 5.96. The van der Waals surface area contributed by atoms with Gasteiger partial charge in [0.2, 0.25) is 0 Å². The molecule has 1 aromatic heterocycles. The maximum absolute atomic E-state index is 12.3. The van der Waals surface area contributed by atoms with Crippen LogP contribution in [-0.2, 0) is 4.79 Å². The van der Waals surface area contributed by atoms with E-state index in [0.29, 0.717) is 29.8 Å². The Morgan fingerprint density at radius 3 is 2.74 bits per heavy atom. The van der Waals surface area contributed by atoms with Gasteiger partial charge in [-0.15, -0.1) is 11.3 Å². The monoisotopic (exact) mass is 382 g/mol. The van der Waals surface area contributed by atoms with Crippen molar-refractivity contribution in [2.45, 2.75) is 13.0 Å². The van der Waals surface area contributed by atoms with E-state index in [2.05, 4.69) is 10.3 Å². The highest BCUT2D eigenvalue weighted by molar-refractivity contribution is 7.14. The SMILES string of the molecule is C[C@H](Oc1ccccc1)C(=O)Nc1nc(-c2ccc3c(c2)OCCO3)cs1. The molecule has 27 heavy (non-hydrogen) atoms. The van der Waals surface area contributed by atoms with Crippen LogP contribution in [0.5, 0.6) is 17.2 Å². The number of para-hydroxylation sites is 1. The second kappa shape index (κ2) is 7.67. The summed E-state index contributed by atoms with van der Waals surface area (Å²) in [6.07, 6.45) is -0.631. The van der Waals surface area contributed by atoms with Gasteiger partial charge in [-0.1, -0.05) is 18.2 Å². The summed E-state index contributed by atoms with van der Waals surface area (Å²) in [6.45, 7) is 2.80. The molecule has 0 radical (unpaired) electrons. The largest absolute Gasteiger partial charge is 0.486 e. The molecule has 0 spiro atoms. The van der Waals surface area contributed by atoms with E-state index in [0.717, 1.165) is 17.0 Å². The number of thiazole rings is 1. The van der Waals surface area contributed by atoms with Crippen LogP contribution >= 0.6 is 11.3 Å². The predicted octanol–water partition coefficient (Wildman–Crippen LogP) is 3.99. The van der Waals surface area contributed by atoms with E-state index < -0.39 is 6.10 Å². The van der Waals surface area contributed by atoms with Gasteiger partial charge in [0.1, 0.15) is 19.0 Å². The van der Waals surface area contributed by atoms with E-state index in [1.165, 1.54) is 11.3 Å². The zero-order chi connectivity index (χ0) is 18.6. The Hall–Kier alpha value is -3.06. The number of aromatic nitrogens is 1. The lowest BCUT2D eigenvalue weighted by atomic mass is 10.1. The number of nitrogens with zero attached hydrogens (tertiary/aromatic N) is 1. The van der Waals surface area contributed by atoms with E-state index in [9.17, 15) is 4.79 Å². The Morgan fingerprint density at radius 2 is 1.93 bits per heavy atom. The van der Waals surface area contributed by atoms with Crippen molar-refractivity contribution in [1.82, 2.24) is 4.98 Å². The summed E-state index contributed by atoms with van der Waals surface area (Å²) >= 11 is 1.36. The molecule has 1 N–H and O–H groups in total. The molecule has 0 bridgehead atoms.